The Labute approximate surface area is 136 Å². The quantitative estimate of drug-likeness (QED) is 0.552. The monoisotopic (exact) mass is 332 g/mol. The predicted octanol–water partition coefficient (Wildman–Crippen LogP) is -0.459. The van der Waals surface area contributed by atoms with Crippen LogP contribution >= 0.6 is 0 Å². The third kappa shape index (κ3) is 3.16. The van der Waals surface area contributed by atoms with Crippen molar-refractivity contribution in [2.45, 2.75) is 81.4 Å². The van der Waals surface area contributed by atoms with Crippen LogP contribution in [0.3, 0.4) is 0 Å². The highest BCUT2D eigenvalue weighted by Crippen LogP contribution is 2.49. The Morgan fingerprint density at radius 1 is 1.04 bits per heavy atom. The zero-order valence-electron chi connectivity index (χ0n) is 13.7. The van der Waals surface area contributed by atoms with Gasteiger partial charge in [0, 0.05) is 0 Å². The van der Waals surface area contributed by atoms with E-state index in [9.17, 15) is 20.4 Å². The minimum atomic E-state index is -1.42. The fourth-order valence-electron chi connectivity index (χ4n) is 4.19. The van der Waals surface area contributed by atoms with Gasteiger partial charge in [0.1, 0.15) is 24.4 Å². The molecule has 0 spiro atoms. The molecule has 4 rings (SSSR count). The minimum absolute atomic E-state index is 0.123. The molecular formula is C16H28O7. The Bertz CT molecular complexity index is 421. The van der Waals surface area contributed by atoms with Gasteiger partial charge in [-0.2, -0.15) is 0 Å². The first-order valence-electron chi connectivity index (χ1n) is 8.40. The second kappa shape index (κ2) is 6.22. The highest BCUT2D eigenvalue weighted by molar-refractivity contribution is 5.00. The Morgan fingerprint density at radius 3 is 2.26 bits per heavy atom. The Hall–Kier alpha value is -0.280. The van der Waals surface area contributed by atoms with Crippen molar-refractivity contribution in [1.29, 1.82) is 0 Å². The predicted molar refractivity (Wildman–Crippen MR) is 79.6 cm³/mol. The molecule has 0 aromatic carbocycles. The molecule has 0 radical (unpaired) electrons. The molecule has 0 aromatic heterocycles. The molecule has 134 valence electrons. The van der Waals surface area contributed by atoms with Gasteiger partial charge in [0.25, 0.3) is 0 Å². The van der Waals surface area contributed by atoms with E-state index in [-0.39, 0.29) is 12.2 Å². The van der Waals surface area contributed by atoms with E-state index < -0.39 is 42.9 Å². The van der Waals surface area contributed by atoms with Gasteiger partial charge in [0.15, 0.2) is 6.29 Å². The summed E-state index contributed by atoms with van der Waals surface area (Å²) in [5.74, 6) is 0.397. The topological polar surface area (TPSA) is 109 Å². The van der Waals surface area contributed by atoms with Crippen LogP contribution in [0.2, 0.25) is 0 Å². The van der Waals surface area contributed by atoms with Crippen LogP contribution in [-0.4, -0.2) is 75.5 Å². The van der Waals surface area contributed by atoms with Gasteiger partial charge in [0.2, 0.25) is 0 Å². The maximum Gasteiger partial charge on any atom is 0.186 e. The van der Waals surface area contributed by atoms with Crippen LogP contribution in [0.5, 0.6) is 0 Å². The van der Waals surface area contributed by atoms with Crippen LogP contribution in [-0.2, 0) is 14.2 Å². The summed E-state index contributed by atoms with van der Waals surface area (Å²) in [4.78, 5) is 0. The van der Waals surface area contributed by atoms with E-state index in [2.05, 4.69) is 6.92 Å². The SMILES string of the molecule is CC12CCC(CC1)[C@](C)(CO[C@@H]1O[C@H](CO)[C@@H](O)[C@H](O)[C@H]1O)O2. The standard InChI is InChI=1S/C16H28O7/c1-15-5-3-9(4-6-15)16(2,23-15)8-21-14-13(20)12(19)11(18)10(7-17)22-14/h9-14,17-20H,3-8H2,1-2H3/t9?,10-,11-,12+,13-,14-,15?,16+/m1/s1. The van der Waals surface area contributed by atoms with E-state index in [4.69, 9.17) is 14.2 Å². The molecule has 1 saturated carbocycles. The second-order valence-electron chi connectivity index (χ2n) is 7.65. The van der Waals surface area contributed by atoms with Gasteiger partial charge in [-0.15, -0.1) is 0 Å². The van der Waals surface area contributed by atoms with E-state index in [0.717, 1.165) is 25.7 Å². The number of aliphatic hydroxyl groups is 4. The number of rotatable bonds is 4. The Kier molecular flexibility index (Phi) is 4.74. The largest absolute Gasteiger partial charge is 0.394 e. The summed E-state index contributed by atoms with van der Waals surface area (Å²) in [6.45, 7) is 3.90. The van der Waals surface area contributed by atoms with Crippen LogP contribution in [0.1, 0.15) is 39.5 Å². The summed E-state index contributed by atoms with van der Waals surface area (Å²) in [6, 6.07) is 0. The Morgan fingerprint density at radius 2 is 1.70 bits per heavy atom. The van der Waals surface area contributed by atoms with E-state index in [0.29, 0.717) is 5.92 Å². The lowest BCUT2D eigenvalue weighted by atomic mass is 9.68. The van der Waals surface area contributed by atoms with Crippen LogP contribution in [0.4, 0.5) is 0 Å². The van der Waals surface area contributed by atoms with Crippen LogP contribution in [0.25, 0.3) is 0 Å². The average Bonchev–Trinajstić information content (AvgIpc) is 2.52. The first kappa shape index (κ1) is 17.5. The van der Waals surface area contributed by atoms with Gasteiger partial charge in [-0.1, -0.05) is 0 Å². The number of ether oxygens (including phenoxy) is 3. The fraction of sp³-hybridized carbons (Fsp3) is 1.00. The summed E-state index contributed by atoms with van der Waals surface area (Å²) < 4.78 is 17.4. The normalized spacial score (nSPS) is 53.5. The molecule has 4 fully saturated rings. The minimum Gasteiger partial charge on any atom is -0.394 e. The molecule has 0 aromatic rings. The summed E-state index contributed by atoms with van der Waals surface area (Å²) in [5, 5.41) is 38.8. The van der Waals surface area contributed by atoms with E-state index in [1.165, 1.54) is 0 Å². The van der Waals surface area contributed by atoms with Crippen molar-refractivity contribution in [2.24, 2.45) is 5.92 Å². The second-order valence-corrected chi connectivity index (χ2v) is 7.65. The van der Waals surface area contributed by atoms with E-state index >= 15 is 0 Å². The molecule has 23 heavy (non-hydrogen) atoms. The van der Waals surface area contributed by atoms with Crippen molar-refractivity contribution in [3.8, 4) is 0 Å². The van der Waals surface area contributed by atoms with Crippen molar-refractivity contribution in [2.75, 3.05) is 13.2 Å². The molecule has 6 atom stereocenters. The van der Waals surface area contributed by atoms with Gasteiger partial charge < -0.3 is 34.6 Å². The van der Waals surface area contributed by atoms with Gasteiger partial charge in [-0.05, 0) is 45.4 Å². The molecule has 4 N–H and O–H groups in total. The van der Waals surface area contributed by atoms with Crippen LogP contribution in [0, 0.1) is 5.92 Å². The molecule has 3 aliphatic heterocycles. The maximum atomic E-state index is 10.0. The highest BCUT2D eigenvalue weighted by atomic mass is 16.7. The molecule has 7 nitrogen and oxygen atoms in total. The van der Waals surface area contributed by atoms with Gasteiger partial charge in [-0.25, -0.2) is 0 Å². The van der Waals surface area contributed by atoms with E-state index in [1.54, 1.807) is 0 Å². The molecule has 1 aliphatic carbocycles. The Balaban J connectivity index is 1.63. The lowest BCUT2D eigenvalue weighted by molar-refractivity contribution is -0.325. The van der Waals surface area contributed by atoms with Crippen LogP contribution < -0.4 is 0 Å². The molecule has 0 unspecified atom stereocenters. The first-order valence-corrected chi connectivity index (χ1v) is 8.40. The van der Waals surface area contributed by atoms with E-state index in [1.807, 2.05) is 6.92 Å². The molecule has 3 saturated heterocycles. The van der Waals surface area contributed by atoms with Gasteiger partial charge in [0.05, 0.1) is 24.4 Å². The fourth-order valence-corrected chi connectivity index (χ4v) is 4.19. The summed E-state index contributed by atoms with van der Waals surface area (Å²) >= 11 is 0. The van der Waals surface area contributed by atoms with Crippen molar-refractivity contribution < 1.29 is 34.6 Å². The number of aliphatic hydroxyl groups excluding tert-OH is 4. The highest BCUT2D eigenvalue weighted by Gasteiger charge is 2.52. The average molecular weight is 332 g/mol. The molecule has 3 heterocycles. The smallest absolute Gasteiger partial charge is 0.186 e. The third-order valence-corrected chi connectivity index (χ3v) is 5.77. The molecule has 2 bridgehead atoms. The lowest BCUT2D eigenvalue weighted by Gasteiger charge is -2.55. The molecule has 4 aliphatic rings. The van der Waals surface area contributed by atoms with Crippen molar-refractivity contribution >= 4 is 0 Å². The lowest BCUT2D eigenvalue weighted by Crippen LogP contribution is -2.61. The van der Waals surface area contributed by atoms with Crippen molar-refractivity contribution in [3.05, 3.63) is 0 Å². The third-order valence-electron chi connectivity index (χ3n) is 5.77. The first-order chi connectivity index (χ1) is 10.8. The number of fused-ring (bicyclic) bond motifs is 3. The van der Waals surface area contributed by atoms with Gasteiger partial charge >= 0.3 is 0 Å². The zero-order valence-corrected chi connectivity index (χ0v) is 13.7. The van der Waals surface area contributed by atoms with Gasteiger partial charge in [-0.3, -0.25) is 0 Å². The van der Waals surface area contributed by atoms with Crippen molar-refractivity contribution in [3.63, 3.8) is 0 Å². The molecular weight excluding hydrogens is 304 g/mol. The van der Waals surface area contributed by atoms with Crippen molar-refractivity contribution in [1.82, 2.24) is 0 Å². The summed E-state index contributed by atoms with van der Waals surface area (Å²) in [5.41, 5.74) is -0.577. The summed E-state index contributed by atoms with van der Waals surface area (Å²) in [7, 11) is 0. The zero-order chi connectivity index (χ0) is 16.8. The number of hydrogen-bond acceptors (Lipinski definition) is 7. The molecule has 0 amide bonds. The summed E-state index contributed by atoms with van der Waals surface area (Å²) in [6.07, 6.45) is -1.93. The van der Waals surface area contributed by atoms with Crippen LogP contribution in [0.15, 0.2) is 0 Å². The molecule has 7 heteroatoms. The maximum absolute atomic E-state index is 10.0. The number of hydrogen-bond donors (Lipinski definition) is 4.